The SMILES string of the molecule is COc1cccc([C@H]2[C@H]3C(=O)N(c4ccc(Br)cc4)C(=O)[C@@H]3ON2c2ccccc2)c1O. The molecule has 7 nitrogen and oxygen atoms in total. The van der Waals surface area contributed by atoms with E-state index in [-0.39, 0.29) is 17.4 Å². The van der Waals surface area contributed by atoms with Crippen LogP contribution in [0.5, 0.6) is 11.5 Å². The number of hydrogen-bond acceptors (Lipinski definition) is 6. The maximum absolute atomic E-state index is 13.6. The van der Waals surface area contributed by atoms with Crippen LogP contribution in [0.25, 0.3) is 0 Å². The predicted molar refractivity (Wildman–Crippen MR) is 121 cm³/mol. The van der Waals surface area contributed by atoms with E-state index in [9.17, 15) is 14.7 Å². The van der Waals surface area contributed by atoms with Crippen LogP contribution in [0.4, 0.5) is 11.4 Å². The summed E-state index contributed by atoms with van der Waals surface area (Å²) in [7, 11) is 1.46. The van der Waals surface area contributed by atoms with Crippen molar-refractivity contribution < 1.29 is 24.3 Å². The second-order valence-corrected chi connectivity index (χ2v) is 8.46. The van der Waals surface area contributed by atoms with Crippen LogP contribution in [0.3, 0.4) is 0 Å². The lowest BCUT2D eigenvalue weighted by atomic mass is 9.90. The Morgan fingerprint density at radius 1 is 0.906 bits per heavy atom. The number of hydrogen-bond donors (Lipinski definition) is 1. The third-order valence-corrected chi connectivity index (χ3v) is 6.31. The van der Waals surface area contributed by atoms with Gasteiger partial charge in [-0.15, -0.1) is 0 Å². The van der Waals surface area contributed by atoms with Gasteiger partial charge in [0.25, 0.3) is 5.91 Å². The van der Waals surface area contributed by atoms with Crippen molar-refractivity contribution in [3.05, 3.63) is 82.8 Å². The van der Waals surface area contributed by atoms with Gasteiger partial charge in [-0.1, -0.05) is 46.3 Å². The van der Waals surface area contributed by atoms with E-state index in [4.69, 9.17) is 9.57 Å². The van der Waals surface area contributed by atoms with E-state index in [1.807, 2.05) is 30.3 Å². The number of fused-ring (bicyclic) bond motifs is 1. The molecule has 1 N–H and O–H groups in total. The molecule has 0 radical (unpaired) electrons. The molecule has 0 spiro atoms. The summed E-state index contributed by atoms with van der Waals surface area (Å²) in [6.45, 7) is 0. The molecule has 3 atom stereocenters. The molecule has 0 bridgehead atoms. The fourth-order valence-electron chi connectivity index (χ4n) is 4.32. The number of amides is 2. The second kappa shape index (κ2) is 7.96. The number of ether oxygens (including phenoxy) is 1. The lowest BCUT2D eigenvalue weighted by Crippen LogP contribution is -2.37. The summed E-state index contributed by atoms with van der Waals surface area (Å²) in [6.07, 6.45) is -1.01. The number of halogens is 1. The van der Waals surface area contributed by atoms with E-state index >= 15 is 0 Å². The first-order valence-electron chi connectivity index (χ1n) is 10.0. The van der Waals surface area contributed by atoms with Gasteiger partial charge in [-0.2, -0.15) is 0 Å². The van der Waals surface area contributed by atoms with Crippen LogP contribution in [0.1, 0.15) is 11.6 Å². The van der Waals surface area contributed by atoms with Crippen LogP contribution >= 0.6 is 15.9 Å². The predicted octanol–water partition coefficient (Wildman–Crippen LogP) is 4.21. The molecule has 2 amide bonds. The van der Waals surface area contributed by atoms with Gasteiger partial charge in [-0.3, -0.25) is 14.4 Å². The number of carbonyl (C=O) groups is 2. The van der Waals surface area contributed by atoms with Gasteiger partial charge in [0.2, 0.25) is 5.91 Å². The fraction of sp³-hybridized carbons (Fsp3) is 0.167. The molecule has 8 heteroatoms. The highest BCUT2D eigenvalue weighted by molar-refractivity contribution is 9.10. The quantitative estimate of drug-likeness (QED) is 0.547. The Hall–Kier alpha value is -3.36. The maximum Gasteiger partial charge on any atom is 0.266 e. The molecule has 0 aliphatic carbocycles. The molecular formula is C24H19BrN2O5. The van der Waals surface area contributed by atoms with E-state index in [2.05, 4.69) is 15.9 Å². The molecule has 162 valence electrons. The van der Waals surface area contributed by atoms with Crippen molar-refractivity contribution in [2.24, 2.45) is 5.92 Å². The number of carbonyl (C=O) groups excluding carboxylic acids is 2. The number of aromatic hydroxyl groups is 1. The van der Waals surface area contributed by atoms with Crippen LogP contribution in [0.2, 0.25) is 0 Å². The lowest BCUT2D eigenvalue weighted by molar-refractivity contribution is -0.126. The van der Waals surface area contributed by atoms with Crippen molar-refractivity contribution in [3.63, 3.8) is 0 Å². The molecule has 2 fully saturated rings. The summed E-state index contributed by atoms with van der Waals surface area (Å²) >= 11 is 3.37. The van der Waals surface area contributed by atoms with Crippen LogP contribution in [0.15, 0.2) is 77.3 Å². The van der Waals surface area contributed by atoms with Gasteiger partial charge in [-0.05, 0) is 42.5 Å². The van der Waals surface area contributed by atoms with E-state index in [0.29, 0.717) is 16.9 Å². The zero-order chi connectivity index (χ0) is 22.4. The third kappa shape index (κ3) is 3.14. The minimum absolute atomic E-state index is 0.0903. The summed E-state index contributed by atoms with van der Waals surface area (Å²) in [6, 6.07) is 20.5. The highest BCUT2D eigenvalue weighted by Gasteiger charge is 2.60. The average Bonchev–Trinajstić information content (AvgIpc) is 3.31. The van der Waals surface area contributed by atoms with Gasteiger partial charge in [0, 0.05) is 10.0 Å². The summed E-state index contributed by atoms with van der Waals surface area (Å²) < 4.78 is 6.11. The van der Waals surface area contributed by atoms with Crippen molar-refractivity contribution in [2.45, 2.75) is 12.1 Å². The van der Waals surface area contributed by atoms with Gasteiger partial charge in [-0.25, -0.2) is 9.96 Å². The van der Waals surface area contributed by atoms with Crippen LogP contribution in [0, 0.1) is 5.92 Å². The van der Waals surface area contributed by atoms with Crippen LogP contribution < -0.4 is 14.7 Å². The van der Waals surface area contributed by atoms with Crippen molar-refractivity contribution in [1.29, 1.82) is 0 Å². The van der Waals surface area contributed by atoms with Crippen molar-refractivity contribution in [2.75, 3.05) is 17.1 Å². The average molecular weight is 495 g/mol. The number of benzene rings is 3. The Labute approximate surface area is 192 Å². The maximum atomic E-state index is 13.6. The molecule has 0 aromatic heterocycles. The van der Waals surface area contributed by atoms with Crippen molar-refractivity contribution in [1.82, 2.24) is 0 Å². The number of rotatable bonds is 4. The first-order valence-corrected chi connectivity index (χ1v) is 10.8. The number of anilines is 2. The number of phenolic OH excluding ortho intramolecular Hbond substituents is 1. The Morgan fingerprint density at radius 2 is 1.62 bits per heavy atom. The summed E-state index contributed by atoms with van der Waals surface area (Å²) in [5.74, 6) is -1.47. The highest BCUT2D eigenvalue weighted by atomic mass is 79.9. The molecule has 2 heterocycles. The van der Waals surface area contributed by atoms with Crippen LogP contribution in [-0.2, 0) is 14.4 Å². The number of para-hydroxylation sites is 2. The van der Waals surface area contributed by atoms with E-state index in [1.165, 1.54) is 7.11 Å². The molecule has 3 aromatic rings. The van der Waals surface area contributed by atoms with E-state index in [1.54, 1.807) is 47.5 Å². The molecule has 0 saturated carbocycles. The van der Waals surface area contributed by atoms with Crippen molar-refractivity contribution >= 4 is 39.1 Å². The first kappa shape index (κ1) is 20.5. The largest absolute Gasteiger partial charge is 0.504 e. The summed E-state index contributed by atoms with van der Waals surface area (Å²) in [4.78, 5) is 34.1. The zero-order valence-corrected chi connectivity index (χ0v) is 18.6. The van der Waals surface area contributed by atoms with Gasteiger partial charge in [0.15, 0.2) is 17.6 Å². The number of phenols is 1. The van der Waals surface area contributed by atoms with Gasteiger partial charge in [0.1, 0.15) is 12.0 Å². The van der Waals surface area contributed by atoms with Crippen molar-refractivity contribution in [3.8, 4) is 11.5 Å². The fourth-order valence-corrected chi connectivity index (χ4v) is 4.58. The van der Waals surface area contributed by atoms with Gasteiger partial charge < -0.3 is 9.84 Å². The van der Waals surface area contributed by atoms with Gasteiger partial charge in [0.05, 0.1) is 18.5 Å². The second-order valence-electron chi connectivity index (χ2n) is 7.54. The molecule has 3 aromatic carbocycles. The normalized spacial score (nSPS) is 22.4. The third-order valence-electron chi connectivity index (χ3n) is 5.78. The first-order chi connectivity index (χ1) is 15.5. The van der Waals surface area contributed by atoms with E-state index < -0.39 is 24.0 Å². The highest BCUT2D eigenvalue weighted by Crippen LogP contribution is 2.50. The number of hydroxylamine groups is 1. The Kier molecular flexibility index (Phi) is 5.11. The molecule has 2 aliphatic rings. The van der Waals surface area contributed by atoms with Gasteiger partial charge >= 0.3 is 0 Å². The Morgan fingerprint density at radius 3 is 2.31 bits per heavy atom. The smallest absolute Gasteiger partial charge is 0.266 e. The van der Waals surface area contributed by atoms with Crippen LogP contribution in [-0.4, -0.2) is 30.1 Å². The molecule has 2 saturated heterocycles. The monoisotopic (exact) mass is 494 g/mol. The zero-order valence-electron chi connectivity index (χ0n) is 17.0. The lowest BCUT2D eigenvalue weighted by Gasteiger charge is -2.29. The summed E-state index contributed by atoms with van der Waals surface area (Å²) in [5.41, 5.74) is 1.59. The molecule has 0 unspecified atom stereocenters. The molecule has 5 rings (SSSR count). The standard InChI is InChI=1S/C24H19BrN2O5/c1-31-18-9-5-8-17(21(18)28)20-19-22(32-27(20)16-6-3-2-4-7-16)24(30)26(23(19)29)15-12-10-14(25)11-13-15/h2-13,19-20,22,28H,1H3/t19-,20+,22-/m1/s1. The Balaban J connectivity index is 1.62. The molecule has 32 heavy (non-hydrogen) atoms. The number of nitrogens with zero attached hydrogens (tertiary/aromatic N) is 2. The minimum atomic E-state index is -1.01. The molecular weight excluding hydrogens is 476 g/mol. The Bertz CT molecular complexity index is 1180. The number of imide groups is 1. The molecule has 2 aliphatic heterocycles. The minimum Gasteiger partial charge on any atom is -0.504 e. The van der Waals surface area contributed by atoms with E-state index in [0.717, 1.165) is 9.37 Å². The number of methoxy groups -OCH3 is 1. The summed E-state index contributed by atoms with van der Waals surface area (Å²) in [5, 5.41) is 12.4. The topological polar surface area (TPSA) is 79.3 Å².